The van der Waals surface area contributed by atoms with Crippen molar-refractivity contribution in [2.24, 2.45) is 5.73 Å². The molecule has 152 valence electrons. The summed E-state index contributed by atoms with van der Waals surface area (Å²) in [6.07, 6.45) is 5.73. The maximum absolute atomic E-state index is 12.2. The van der Waals surface area contributed by atoms with Gasteiger partial charge in [-0.1, -0.05) is 18.2 Å². The Hall–Kier alpha value is -3.99. The second-order valence-corrected chi connectivity index (χ2v) is 7.24. The van der Waals surface area contributed by atoms with Crippen LogP contribution in [0.5, 0.6) is 11.5 Å². The van der Waals surface area contributed by atoms with E-state index in [4.69, 9.17) is 16.2 Å². The van der Waals surface area contributed by atoms with E-state index in [0.717, 1.165) is 30.8 Å². The van der Waals surface area contributed by atoms with E-state index < -0.39 is 5.91 Å². The first-order chi connectivity index (χ1) is 14.6. The van der Waals surface area contributed by atoms with Gasteiger partial charge in [-0.15, -0.1) is 0 Å². The van der Waals surface area contributed by atoms with Crippen LogP contribution in [0.25, 0.3) is 5.69 Å². The molecule has 1 aromatic heterocycles. The highest BCUT2D eigenvalue weighted by atomic mass is 16.5. The van der Waals surface area contributed by atoms with E-state index in [-0.39, 0.29) is 11.7 Å². The number of hydrogen-bond donors (Lipinski definition) is 2. The van der Waals surface area contributed by atoms with Crippen LogP contribution in [0.15, 0.2) is 60.9 Å². The number of amides is 1. The molecule has 2 aromatic carbocycles. The number of aromatic nitrogens is 2. The van der Waals surface area contributed by atoms with Gasteiger partial charge in [0.25, 0.3) is 11.7 Å². The Morgan fingerprint density at radius 3 is 2.50 bits per heavy atom. The smallest absolute Gasteiger partial charge is 0.288 e. The number of rotatable bonds is 5. The summed E-state index contributed by atoms with van der Waals surface area (Å²) in [6, 6.07) is 16.8. The molecular formula is C22H23N6O2+. The Morgan fingerprint density at radius 2 is 1.83 bits per heavy atom. The highest BCUT2D eigenvalue weighted by Crippen LogP contribution is 2.25. The first-order valence-electron chi connectivity index (χ1n) is 9.76. The van der Waals surface area contributed by atoms with E-state index in [2.05, 4.69) is 6.19 Å². The molecule has 1 aliphatic heterocycles. The first-order valence-corrected chi connectivity index (χ1v) is 9.76. The third-order valence-corrected chi connectivity index (χ3v) is 5.26. The summed E-state index contributed by atoms with van der Waals surface area (Å²) in [6.45, 7) is 1.29. The second kappa shape index (κ2) is 8.17. The Labute approximate surface area is 174 Å². The van der Waals surface area contributed by atoms with Crippen LogP contribution in [0, 0.1) is 11.5 Å². The Morgan fingerprint density at radius 1 is 1.13 bits per heavy atom. The van der Waals surface area contributed by atoms with Gasteiger partial charge in [-0.25, -0.2) is 9.13 Å². The Kier molecular flexibility index (Phi) is 5.26. The molecule has 4 N–H and O–H groups in total. The minimum atomic E-state index is -0.608. The Balaban J connectivity index is 1.65. The van der Waals surface area contributed by atoms with E-state index in [1.807, 2.05) is 59.2 Å². The molecule has 0 unspecified atom stereocenters. The number of hydrogen-bond acceptors (Lipinski definition) is 5. The van der Waals surface area contributed by atoms with Gasteiger partial charge < -0.3 is 21.1 Å². The average Bonchev–Trinajstić information content (AvgIpc) is 3.12. The zero-order valence-corrected chi connectivity index (χ0v) is 16.4. The molecule has 0 aliphatic carbocycles. The van der Waals surface area contributed by atoms with Gasteiger partial charge in [0.05, 0.1) is 6.54 Å². The zero-order valence-electron chi connectivity index (χ0n) is 16.4. The van der Waals surface area contributed by atoms with E-state index >= 15 is 0 Å². The monoisotopic (exact) mass is 403 g/mol. The standard InChI is InChI=1S/C22H22N6O2/c23-14-26-12-4-5-17(13-26)28-15-27(20(21(28)24)22(25)29)16-8-10-19(11-9-16)30-18-6-2-1-3-7-18/h1-3,6-11,15,17H,4-5,12-13H2,(H3-,24,25,29)/p+1/t17-/m1/s1. The number of para-hydroxylation sites is 1. The van der Waals surface area contributed by atoms with Crippen molar-refractivity contribution in [2.45, 2.75) is 18.9 Å². The molecule has 1 aliphatic rings. The number of carbonyl (C=O) groups is 1. The van der Waals surface area contributed by atoms with Gasteiger partial charge in [-0.2, -0.15) is 5.26 Å². The lowest BCUT2D eigenvalue weighted by Crippen LogP contribution is -2.48. The molecule has 1 atom stereocenters. The predicted molar refractivity (Wildman–Crippen MR) is 111 cm³/mol. The van der Waals surface area contributed by atoms with Crippen molar-refractivity contribution < 1.29 is 14.1 Å². The fourth-order valence-corrected chi connectivity index (χ4v) is 3.79. The van der Waals surface area contributed by atoms with Gasteiger partial charge in [-0.3, -0.25) is 4.79 Å². The van der Waals surface area contributed by atoms with Gasteiger partial charge in [0.15, 0.2) is 12.5 Å². The molecule has 4 rings (SSSR count). The molecule has 8 heteroatoms. The molecule has 1 saturated heterocycles. The van der Waals surface area contributed by atoms with Gasteiger partial charge in [0.2, 0.25) is 5.69 Å². The maximum Gasteiger partial charge on any atom is 0.288 e. The second-order valence-electron chi connectivity index (χ2n) is 7.24. The van der Waals surface area contributed by atoms with E-state index in [9.17, 15) is 10.1 Å². The van der Waals surface area contributed by atoms with E-state index in [1.165, 1.54) is 0 Å². The number of nitrogen functional groups attached to an aromatic ring is 1. The lowest BCUT2D eigenvalue weighted by Gasteiger charge is -2.27. The molecule has 30 heavy (non-hydrogen) atoms. The van der Waals surface area contributed by atoms with Gasteiger partial charge in [0, 0.05) is 6.54 Å². The van der Waals surface area contributed by atoms with Crippen LogP contribution in [-0.2, 0) is 0 Å². The quantitative estimate of drug-likeness (QED) is 0.501. The average molecular weight is 403 g/mol. The number of carbonyl (C=O) groups excluding carboxylic acids is 1. The number of likely N-dealkylation sites (tertiary alicyclic amines) is 1. The van der Waals surface area contributed by atoms with Gasteiger partial charge >= 0.3 is 0 Å². The van der Waals surface area contributed by atoms with Crippen molar-refractivity contribution in [3.8, 4) is 23.4 Å². The molecule has 2 heterocycles. The summed E-state index contributed by atoms with van der Waals surface area (Å²) in [5.41, 5.74) is 12.9. The third kappa shape index (κ3) is 3.78. The lowest BCUT2D eigenvalue weighted by atomic mass is 10.1. The zero-order chi connectivity index (χ0) is 21.1. The van der Waals surface area contributed by atoms with Crippen molar-refractivity contribution >= 4 is 11.7 Å². The molecular weight excluding hydrogens is 380 g/mol. The summed E-state index contributed by atoms with van der Waals surface area (Å²) in [4.78, 5) is 13.9. The molecule has 0 saturated carbocycles. The molecule has 0 bridgehead atoms. The molecule has 8 nitrogen and oxygen atoms in total. The summed E-state index contributed by atoms with van der Waals surface area (Å²) >= 11 is 0. The van der Waals surface area contributed by atoms with Gasteiger partial charge in [-0.05, 0) is 49.2 Å². The number of nitrogens with zero attached hydrogens (tertiary/aromatic N) is 4. The molecule has 1 amide bonds. The number of piperidine rings is 1. The minimum Gasteiger partial charge on any atom is -0.457 e. The highest BCUT2D eigenvalue weighted by Gasteiger charge is 2.31. The fraction of sp³-hybridized carbons (Fsp3) is 0.227. The number of nitrogens with two attached hydrogens (primary N) is 2. The number of nitriles is 1. The van der Waals surface area contributed by atoms with Crippen LogP contribution in [0.1, 0.15) is 29.4 Å². The number of benzene rings is 2. The van der Waals surface area contributed by atoms with Crippen molar-refractivity contribution in [3.05, 3.63) is 66.6 Å². The van der Waals surface area contributed by atoms with Crippen LogP contribution in [-0.4, -0.2) is 28.5 Å². The van der Waals surface area contributed by atoms with Crippen molar-refractivity contribution in [2.75, 3.05) is 18.8 Å². The van der Waals surface area contributed by atoms with Crippen molar-refractivity contribution in [1.82, 2.24) is 9.47 Å². The van der Waals surface area contributed by atoms with Crippen molar-refractivity contribution in [3.63, 3.8) is 0 Å². The SMILES string of the molecule is N#CN1CCC[C@@H]([n+]2cn(-c3ccc(Oc4ccccc4)cc3)c(C(N)=O)c2N)C1. The van der Waals surface area contributed by atoms with Gasteiger partial charge in [0.1, 0.15) is 23.2 Å². The fourth-order valence-electron chi connectivity index (χ4n) is 3.79. The van der Waals surface area contributed by atoms with Crippen molar-refractivity contribution in [1.29, 1.82) is 5.26 Å². The van der Waals surface area contributed by atoms with E-state index in [1.54, 1.807) is 15.8 Å². The maximum atomic E-state index is 12.2. The molecule has 1 fully saturated rings. The topological polar surface area (TPSA) is 114 Å². The Bertz CT molecular complexity index is 1090. The number of imidazole rings is 1. The van der Waals surface area contributed by atoms with Crippen LogP contribution in [0.3, 0.4) is 0 Å². The largest absolute Gasteiger partial charge is 0.457 e. The van der Waals surface area contributed by atoms with Crippen LogP contribution in [0.2, 0.25) is 0 Å². The van der Waals surface area contributed by atoms with E-state index in [0.29, 0.717) is 18.1 Å². The first kappa shape index (κ1) is 19.3. The number of ether oxygens (including phenoxy) is 1. The predicted octanol–water partition coefficient (Wildman–Crippen LogP) is 2.36. The lowest BCUT2D eigenvalue weighted by molar-refractivity contribution is -0.710. The summed E-state index contributed by atoms with van der Waals surface area (Å²) in [5, 5.41) is 9.23. The minimum absolute atomic E-state index is 0.00145. The van der Waals surface area contributed by atoms with Crippen LogP contribution < -0.4 is 20.8 Å². The number of anilines is 1. The molecule has 3 aromatic rings. The summed E-state index contributed by atoms with van der Waals surface area (Å²) in [7, 11) is 0. The molecule has 0 spiro atoms. The van der Waals surface area contributed by atoms with Crippen LogP contribution >= 0.6 is 0 Å². The number of primary amides is 1. The normalized spacial score (nSPS) is 16.1. The third-order valence-electron chi connectivity index (χ3n) is 5.26. The highest BCUT2D eigenvalue weighted by molar-refractivity contribution is 5.95. The molecule has 0 radical (unpaired) electrons. The van der Waals surface area contributed by atoms with Crippen LogP contribution in [0.4, 0.5) is 5.82 Å². The summed E-state index contributed by atoms with van der Waals surface area (Å²) in [5.74, 6) is 1.11. The summed E-state index contributed by atoms with van der Waals surface area (Å²) < 4.78 is 9.36.